The van der Waals surface area contributed by atoms with Crippen molar-refractivity contribution in [3.8, 4) is 5.82 Å². The molecule has 30 heavy (non-hydrogen) atoms. The van der Waals surface area contributed by atoms with Crippen LogP contribution in [-0.4, -0.2) is 35.6 Å². The molecule has 3 heterocycles. The largest absolute Gasteiger partial charge is 0.310 e. The molecule has 1 aliphatic carbocycles. The van der Waals surface area contributed by atoms with E-state index in [1.54, 1.807) is 27.8 Å². The summed E-state index contributed by atoms with van der Waals surface area (Å²) in [5.41, 5.74) is 2.22. The van der Waals surface area contributed by atoms with E-state index in [-0.39, 0.29) is 11.6 Å². The summed E-state index contributed by atoms with van der Waals surface area (Å²) in [5, 5.41) is 13.5. The van der Waals surface area contributed by atoms with Gasteiger partial charge >= 0.3 is 0 Å². The molecule has 0 bridgehead atoms. The molecule has 1 fully saturated rings. The molecule has 0 unspecified atom stereocenters. The predicted octanol–water partition coefficient (Wildman–Crippen LogP) is 2.65. The van der Waals surface area contributed by atoms with Crippen LogP contribution in [-0.2, 0) is 6.54 Å². The third-order valence-corrected chi connectivity index (χ3v) is 5.83. The summed E-state index contributed by atoms with van der Waals surface area (Å²) < 4.78 is 3.19. The van der Waals surface area contributed by atoms with Gasteiger partial charge in [-0.05, 0) is 49.4 Å². The van der Waals surface area contributed by atoms with E-state index in [0.29, 0.717) is 11.9 Å². The second-order valence-corrected chi connectivity index (χ2v) is 7.69. The summed E-state index contributed by atoms with van der Waals surface area (Å²) in [6.07, 6.45) is 8.77. The number of rotatable bonds is 5. The van der Waals surface area contributed by atoms with Crippen molar-refractivity contribution in [3.05, 3.63) is 77.2 Å². The average molecular weight is 401 g/mol. The minimum Gasteiger partial charge on any atom is -0.310 e. The Morgan fingerprint density at radius 3 is 2.73 bits per heavy atom. The van der Waals surface area contributed by atoms with Crippen LogP contribution in [0.15, 0.2) is 66.1 Å². The van der Waals surface area contributed by atoms with Crippen LogP contribution in [0.4, 0.5) is 0 Å². The van der Waals surface area contributed by atoms with Crippen LogP contribution in [0.5, 0.6) is 0 Å². The lowest BCUT2D eigenvalue weighted by molar-refractivity contribution is 0.268. The van der Waals surface area contributed by atoms with Gasteiger partial charge < -0.3 is 5.32 Å². The van der Waals surface area contributed by atoms with E-state index in [9.17, 15) is 4.79 Å². The highest BCUT2D eigenvalue weighted by Gasteiger charge is 2.24. The monoisotopic (exact) mass is 401 g/mol. The van der Waals surface area contributed by atoms with Crippen molar-refractivity contribution in [1.82, 2.24) is 34.8 Å². The van der Waals surface area contributed by atoms with Gasteiger partial charge in [-0.3, -0.25) is 9.78 Å². The van der Waals surface area contributed by atoms with Crippen LogP contribution >= 0.6 is 0 Å². The van der Waals surface area contributed by atoms with Crippen molar-refractivity contribution >= 4 is 10.9 Å². The van der Waals surface area contributed by atoms with E-state index >= 15 is 0 Å². The predicted molar refractivity (Wildman–Crippen MR) is 113 cm³/mol. The Morgan fingerprint density at radius 2 is 1.90 bits per heavy atom. The molecule has 4 aromatic rings. The smallest absolute Gasteiger partial charge is 0.267 e. The lowest BCUT2D eigenvalue weighted by Gasteiger charge is -2.30. The number of hydrogen-bond donors (Lipinski definition) is 1. The molecule has 3 aromatic heterocycles. The van der Waals surface area contributed by atoms with Gasteiger partial charge in [-0.25, -0.2) is 14.3 Å². The van der Waals surface area contributed by atoms with Crippen LogP contribution in [0.3, 0.4) is 0 Å². The second kappa shape index (κ2) is 8.16. The summed E-state index contributed by atoms with van der Waals surface area (Å²) in [4.78, 5) is 20.8. The van der Waals surface area contributed by atoms with Crippen LogP contribution in [0.25, 0.3) is 16.7 Å². The minimum absolute atomic E-state index is 0.0708. The number of para-hydroxylation sites is 1. The summed E-state index contributed by atoms with van der Waals surface area (Å²) >= 11 is 0. The van der Waals surface area contributed by atoms with Crippen molar-refractivity contribution in [2.75, 3.05) is 0 Å². The topological polar surface area (TPSA) is 90.5 Å². The number of pyridine rings is 1. The first-order valence-corrected chi connectivity index (χ1v) is 10.3. The lowest BCUT2D eigenvalue weighted by Crippen LogP contribution is -2.36. The Morgan fingerprint density at radius 1 is 1.03 bits per heavy atom. The summed E-state index contributed by atoms with van der Waals surface area (Å²) in [5.74, 6) is 0.608. The Kier molecular flexibility index (Phi) is 5.06. The highest BCUT2D eigenvalue weighted by atomic mass is 16.1. The zero-order valence-corrected chi connectivity index (χ0v) is 16.6. The van der Waals surface area contributed by atoms with Gasteiger partial charge in [0.2, 0.25) is 0 Å². The lowest BCUT2D eigenvalue weighted by atomic mass is 9.91. The fraction of sp³-hybridized carbons (Fsp3) is 0.318. The fourth-order valence-corrected chi connectivity index (χ4v) is 4.21. The van der Waals surface area contributed by atoms with Crippen molar-refractivity contribution in [1.29, 1.82) is 0 Å². The molecule has 1 aromatic carbocycles. The molecule has 0 aliphatic heterocycles. The first kappa shape index (κ1) is 18.6. The molecule has 1 saturated carbocycles. The molecular weight excluding hydrogens is 378 g/mol. The normalized spacial score (nSPS) is 19.2. The van der Waals surface area contributed by atoms with Crippen LogP contribution < -0.4 is 10.9 Å². The van der Waals surface area contributed by atoms with Gasteiger partial charge in [-0.2, -0.15) is 5.10 Å². The van der Waals surface area contributed by atoms with E-state index < -0.39 is 0 Å². The highest BCUT2D eigenvalue weighted by Crippen LogP contribution is 2.27. The molecule has 8 heteroatoms. The standard InChI is InChI=1S/C22H23N7O/c30-22-10-9-21(28-15-23-14-26-28)27-29(22)18-7-5-17(6-8-18)25-13-16-11-12-24-20-4-2-1-3-19(16)20/h1-4,9-12,14-15,17-18,25H,5-8,13H2. The van der Waals surface area contributed by atoms with Crippen LogP contribution in [0.1, 0.15) is 37.3 Å². The van der Waals surface area contributed by atoms with Crippen LogP contribution in [0, 0.1) is 0 Å². The fourth-order valence-electron chi connectivity index (χ4n) is 4.21. The first-order chi connectivity index (χ1) is 14.8. The third kappa shape index (κ3) is 3.73. The Labute approximate surface area is 173 Å². The molecule has 8 nitrogen and oxygen atoms in total. The van der Waals surface area contributed by atoms with Gasteiger partial charge in [-0.15, -0.1) is 5.10 Å². The molecular formula is C22H23N7O. The molecule has 5 rings (SSSR count). The van der Waals surface area contributed by atoms with Crippen molar-refractivity contribution in [3.63, 3.8) is 0 Å². The van der Waals surface area contributed by atoms with E-state index in [0.717, 1.165) is 37.7 Å². The van der Waals surface area contributed by atoms with E-state index in [1.165, 1.54) is 17.3 Å². The Hall–Kier alpha value is -3.39. The minimum atomic E-state index is -0.0708. The van der Waals surface area contributed by atoms with Crippen LogP contribution in [0.2, 0.25) is 0 Å². The Balaban J connectivity index is 1.24. The number of nitrogens with zero attached hydrogens (tertiary/aromatic N) is 6. The summed E-state index contributed by atoms with van der Waals surface area (Å²) in [7, 11) is 0. The highest BCUT2D eigenvalue weighted by molar-refractivity contribution is 5.81. The zero-order chi connectivity index (χ0) is 20.3. The molecule has 152 valence electrons. The molecule has 0 saturated heterocycles. The Bertz CT molecular complexity index is 1190. The van der Waals surface area contributed by atoms with Gasteiger partial charge in [-0.1, -0.05) is 18.2 Å². The molecule has 1 aliphatic rings. The van der Waals surface area contributed by atoms with E-state index in [2.05, 4.69) is 43.7 Å². The summed E-state index contributed by atoms with van der Waals surface area (Å²) in [6.45, 7) is 0.818. The van der Waals surface area contributed by atoms with Crippen molar-refractivity contribution in [2.45, 2.75) is 44.3 Å². The number of nitrogens with one attached hydrogen (secondary N) is 1. The maximum atomic E-state index is 12.4. The summed E-state index contributed by atoms with van der Waals surface area (Å²) in [6, 6.07) is 14.1. The molecule has 0 spiro atoms. The molecule has 0 amide bonds. The van der Waals surface area contributed by atoms with E-state index in [1.807, 2.05) is 18.3 Å². The first-order valence-electron chi connectivity index (χ1n) is 10.3. The van der Waals surface area contributed by atoms with Gasteiger partial charge in [0.05, 0.1) is 11.6 Å². The van der Waals surface area contributed by atoms with Gasteiger partial charge in [0.15, 0.2) is 5.82 Å². The maximum Gasteiger partial charge on any atom is 0.267 e. The number of fused-ring (bicyclic) bond motifs is 1. The second-order valence-electron chi connectivity index (χ2n) is 7.69. The molecule has 0 atom stereocenters. The molecule has 0 radical (unpaired) electrons. The quantitative estimate of drug-likeness (QED) is 0.553. The number of aromatic nitrogens is 6. The van der Waals surface area contributed by atoms with E-state index in [4.69, 9.17) is 0 Å². The average Bonchev–Trinajstić information content (AvgIpc) is 3.33. The van der Waals surface area contributed by atoms with Gasteiger partial charge in [0, 0.05) is 30.2 Å². The number of benzene rings is 1. The van der Waals surface area contributed by atoms with Crippen molar-refractivity contribution < 1.29 is 0 Å². The molecule has 1 N–H and O–H groups in total. The van der Waals surface area contributed by atoms with Gasteiger partial charge in [0.1, 0.15) is 12.7 Å². The van der Waals surface area contributed by atoms with Gasteiger partial charge in [0.25, 0.3) is 5.56 Å². The zero-order valence-electron chi connectivity index (χ0n) is 16.6. The third-order valence-electron chi connectivity index (χ3n) is 5.83. The SMILES string of the molecule is O=c1ccc(-n2cncn2)nn1C1CCC(NCc2ccnc3ccccc23)CC1. The number of hydrogen-bond acceptors (Lipinski definition) is 6. The maximum absolute atomic E-state index is 12.4. The van der Waals surface area contributed by atoms with Crippen molar-refractivity contribution in [2.24, 2.45) is 0 Å².